The van der Waals surface area contributed by atoms with Gasteiger partial charge in [-0.2, -0.15) is 0 Å². The second kappa shape index (κ2) is 7.17. The lowest BCUT2D eigenvalue weighted by molar-refractivity contribution is 0.0826. The summed E-state index contributed by atoms with van der Waals surface area (Å²) in [5.41, 5.74) is 1.30. The fourth-order valence-electron chi connectivity index (χ4n) is 4.60. The summed E-state index contributed by atoms with van der Waals surface area (Å²) >= 11 is 0. The second-order valence-corrected chi connectivity index (χ2v) is 8.29. The molecule has 0 spiro atoms. The number of aryl methyl sites for hydroxylation is 2. The molecule has 2 aromatic heterocycles. The van der Waals surface area contributed by atoms with Crippen LogP contribution in [0, 0.1) is 19.7 Å². The Bertz CT molecular complexity index is 964. The Labute approximate surface area is 168 Å². The Morgan fingerprint density at radius 1 is 0.897 bits per heavy atom. The first kappa shape index (κ1) is 19.4. The maximum absolute atomic E-state index is 13.1. The topological polar surface area (TPSA) is 96.9 Å². The smallest absolute Gasteiger partial charge is 0.271 e. The van der Waals surface area contributed by atoms with Crippen molar-refractivity contribution in [2.45, 2.75) is 63.5 Å². The number of nitrogens with one attached hydrogen (secondary N) is 2. The van der Waals surface area contributed by atoms with Gasteiger partial charge < -0.3 is 10.6 Å². The fourth-order valence-corrected chi connectivity index (χ4v) is 4.60. The number of carbonyl (C=O) groups excluding carboxylic acids is 2. The van der Waals surface area contributed by atoms with E-state index in [1.54, 1.807) is 0 Å². The monoisotopic (exact) mass is 397 g/mol. The molecule has 2 aromatic rings. The van der Waals surface area contributed by atoms with E-state index in [4.69, 9.17) is 0 Å². The van der Waals surface area contributed by atoms with Crippen molar-refractivity contribution in [2.75, 3.05) is 0 Å². The number of amides is 2. The normalized spacial score (nSPS) is 25.5. The van der Waals surface area contributed by atoms with Crippen molar-refractivity contribution in [3.63, 3.8) is 0 Å². The van der Waals surface area contributed by atoms with E-state index in [0.29, 0.717) is 12.1 Å². The Morgan fingerprint density at radius 3 is 2.14 bits per heavy atom. The second-order valence-electron chi connectivity index (χ2n) is 8.29. The van der Waals surface area contributed by atoms with Crippen LogP contribution < -0.4 is 10.6 Å². The first-order chi connectivity index (χ1) is 13.8. The van der Waals surface area contributed by atoms with Gasteiger partial charge in [0.25, 0.3) is 11.8 Å². The number of fused-ring (bicyclic) bond motifs is 2. The highest BCUT2D eigenvalue weighted by molar-refractivity contribution is 5.93. The molecule has 7 nitrogen and oxygen atoms in total. The Morgan fingerprint density at radius 2 is 1.55 bits per heavy atom. The number of rotatable bonds is 4. The average molecular weight is 397 g/mol. The molecule has 2 bridgehead atoms. The third kappa shape index (κ3) is 3.83. The SMILES string of the molecule is Cc1ncc(C(=O)NC23CCCC(NC(=O)c4ccc(F)cn4)(CC2)C3)nc1C. The molecule has 2 aliphatic carbocycles. The standard InChI is InChI=1S/C21H24FN5O2/c1-13-14(2)25-17(11-23-13)19(29)27-21-7-3-6-20(12-21,8-9-21)26-18(28)16-5-4-15(22)10-24-16/h4-5,10-11H,3,6-9,12H2,1-2H3,(H,26,28)(H,27,29). The van der Waals surface area contributed by atoms with Gasteiger partial charge in [0.15, 0.2) is 0 Å². The molecule has 29 heavy (non-hydrogen) atoms. The largest absolute Gasteiger partial charge is 0.345 e. The van der Waals surface area contributed by atoms with Gasteiger partial charge in [0.1, 0.15) is 17.2 Å². The van der Waals surface area contributed by atoms with Crippen LogP contribution in [0.15, 0.2) is 24.5 Å². The van der Waals surface area contributed by atoms with E-state index < -0.39 is 5.82 Å². The van der Waals surface area contributed by atoms with E-state index in [1.807, 2.05) is 13.8 Å². The fraction of sp³-hybridized carbons (Fsp3) is 0.476. The summed E-state index contributed by atoms with van der Waals surface area (Å²) in [6.07, 6.45) is 7.38. The number of pyridine rings is 1. The number of aromatic nitrogens is 3. The van der Waals surface area contributed by atoms with Crippen molar-refractivity contribution in [3.8, 4) is 0 Å². The van der Waals surface area contributed by atoms with Gasteiger partial charge in [-0.05, 0) is 64.5 Å². The number of nitrogens with zero attached hydrogens (tertiary/aromatic N) is 3. The molecule has 2 N–H and O–H groups in total. The van der Waals surface area contributed by atoms with Crippen molar-refractivity contribution >= 4 is 11.8 Å². The predicted molar refractivity (Wildman–Crippen MR) is 104 cm³/mol. The summed E-state index contributed by atoms with van der Waals surface area (Å²) in [5, 5.41) is 6.28. The summed E-state index contributed by atoms with van der Waals surface area (Å²) in [6, 6.07) is 2.61. The highest BCUT2D eigenvalue weighted by Gasteiger charge is 2.52. The summed E-state index contributed by atoms with van der Waals surface area (Å²) < 4.78 is 13.1. The van der Waals surface area contributed by atoms with Gasteiger partial charge in [-0.25, -0.2) is 14.4 Å². The van der Waals surface area contributed by atoms with Crippen LogP contribution in [0.25, 0.3) is 0 Å². The molecular weight excluding hydrogens is 373 g/mol. The molecule has 8 heteroatoms. The van der Waals surface area contributed by atoms with Crippen LogP contribution in [0.3, 0.4) is 0 Å². The quantitative estimate of drug-likeness (QED) is 0.827. The molecule has 2 atom stereocenters. The van der Waals surface area contributed by atoms with Gasteiger partial charge in [-0.15, -0.1) is 0 Å². The molecule has 0 radical (unpaired) electrons. The number of hydrogen-bond acceptors (Lipinski definition) is 5. The Balaban J connectivity index is 1.47. The molecule has 0 saturated heterocycles. The van der Waals surface area contributed by atoms with E-state index in [9.17, 15) is 14.0 Å². The van der Waals surface area contributed by atoms with Gasteiger partial charge in [0.05, 0.1) is 23.8 Å². The van der Waals surface area contributed by atoms with Crippen LogP contribution in [0.2, 0.25) is 0 Å². The highest BCUT2D eigenvalue weighted by Crippen LogP contribution is 2.48. The van der Waals surface area contributed by atoms with E-state index in [0.717, 1.165) is 49.7 Å². The van der Waals surface area contributed by atoms with E-state index in [1.165, 1.54) is 18.3 Å². The molecule has 0 aliphatic heterocycles. The molecule has 0 aromatic carbocycles. The van der Waals surface area contributed by atoms with Crippen molar-refractivity contribution < 1.29 is 14.0 Å². The molecule has 2 heterocycles. The van der Waals surface area contributed by atoms with Crippen LogP contribution in [0.1, 0.15) is 70.9 Å². The summed E-state index contributed by atoms with van der Waals surface area (Å²) in [7, 11) is 0. The van der Waals surface area contributed by atoms with Crippen LogP contribution in [0.4, 0.5) is 4.39 Å². The first-order valence-corrected chi connectivity index (χ1v) is 9.87. The van der Waals surface area contributed by atoms with Crippen LogP contribution in [-0.4, -0.2) is 37.8 Å². The summed E-state index contributed by atoms with van der Waals surface area (Å²) in [5.74, 6) is -1.02. The lowest BCUT2D eigenvalue weighted by Crippen LogP contribution is -2.55. The summed E-state index contributed by atoms with van der Waals surface area (Å²) in [4.78, 5) is 37.9. The molecule has 2 saturated carbocycles. The van der Waals surface area contributed by atoms with Gasteiger partial charge in [0, 0.05) is 11.1 Å². The molecule has 4 rings (SSSR count). The molecule has 2 unspecified atom stereocenters. The van der Waals surface area contributed by atoms with E-state index >= 15 is 0 Å². The third-order valence-corrected chi connectivity index (χ3v) is 6.21. The van der Waals surface area contributed by atoms with Gasteiger partial charge >= 0.3 is 0 Å². The zero-order valence-corrected chi connectivity index (χ0v) is 16.6. The van der Waals surface area contributed by atoms with Gasteiger partial charge in [-0.1, -0.05) is 0 Å². The minimum absolute atomic E-state index is 0.193. The minimum atomic E-state index is -0.477. The molecule has 2 amide bonds. The predicted octanol–water partition coefficient (Wildman–Crippen LogP) is 2.63. The minimum Gasteiger partial charge on any atom is -0.345 e. The summed E-state index contributed by atoms with van der Waals surface area (Å²) in [6.45, 7) is 3.69. The third-order valence-electron chi connectivity index (χ3n) is 6.21. The lowest BCUT2D eigenvalue weighted by Gasteiger charge is -2.40. The molecular formula is C21H24FN5O2. The number of carbonyl (C=O) groups is 2. The first-order valence-electron chi connectivity index (χ1n) is 9.87. The Hall–Kier alpha value is -2.90. The van der Waals surface area contributed by atoms with Crippen LogP contribution in [0.5, 0.6) is 0 Å². The van der Waals surface area contributed by atoms with Crippen LogP contribution in [-0.2, 0) is 0 Å². The number of halogens is 1. The van der Waals surface area contributed by atoms with E-state index in [2.05, 4.69) is 25.6 Å². The van der Waals surface area contributed by atoms with Gasteiger partial charge in [0.2, 0.25) is 0 Å². The average Bonchev–Trinajstić information content (AvgIpc) is 2.94. The zero-order chi connectivity index (χ0) is 20.6. The van der Waals surface area contributed by atoms with Crippen molar-refractivity contribution in [3.05, 3.63) is 53.1 Å². The van der Waals surface area contributed by atoms with Crippen molar-refractivity contribution in [2.24, 2.45) is 0 Å². The van der Waals surface area contributed by atoms with Crippen LogP contribution >= 0.6 is 0 Å². The molecule has 2 aliphatic rings. The Kier molecular flexibility index (Phi) is 4.80. The molecule has 2 fully saturated rings. The maximum Gasteiger partial charge on any atom is 0.271 e. The van der Waals surface area contributed by atoms with Gasteiger partial charge in [-0.3, -0.25) is 14.6 Å². The van der Waals surface area contributed by atoms with Crippen molar-refractivity contribution in [1.82, 2.24) is 25.6 Å². The number of hydrogen-bond donors (Lipinski definition) is 2. The highest BCUT2D eigenvalue weighted by atomic mass is 19.1. The van der Waals surface area contributed by atoms with E-state index in [-0.39, 0.29) is 28.6 Å². The maximum atomic E-state index is 13.1. The van der Waals surface area contributed by atoms with Crippen molar-refractivity contribution in [1.29, 1.82) is 0 Å². The molecule has 152 valence electrons. The zero-order valence-electron chi connectivity index (χ0n) is 16.6. The lowest BCUT2D eigenvalue weighted by atomic mass is 9.78.